The van der Waals surface area contributed by atoms with Gasteiger partial charge in [-0.15, -0.1) is 0 Å². The van der Waals surface area contributed by atoms with Gasteiger partial charge in [-0.3, -0.25) is 4.68 Å². The van der Waals surface area contributed by atoms with Crippen LogP contribution in [0.5, 0.6) is 0 Å². The van der Waals surface area contributed by atoms with Crippen LogP contribution in [0.3, 0.4) is 0 Å². The molecule has 2 rings (SSSR count). The lowest BCUT2D eigenvalue weighted by Crippen LogP contribution is -2.21. The summed E-state index contributed by atoms with van der Waals surface area (Å²) in [4.78, 5) is 0. The number of nitrogens with zero attached hydrogens (tertiary/aromatic N) is 2. The van der Waals surface area contributed by atoms with Crippen molar-refractivity contribution in [3.63, 3.8) is 0 Å². The molecule has 21 heavy (non-hydrogen) atoms. The first-order chi connectivity index (χ1) is 9.88. The molecule has 1 heterocycles. The van der Waals surface area contributed by atoms with Crippen LogP contribution in [0.25, 0.3) is 0 Å². The number of halogens is 2. The number of benzene rings is 1. The van der Waals surface area contributed by atoms with Crippen LogP contribution < -0.4 is 5.32 Å². The molecule has 0 atom stereocenters. The van der Waals surface area contributed by atoms with Gasteiger partial charge in [-0.25, -0.2) is 0 Å². The Hall–Kier alpha value is -0.840. The van der Waals surface area contributed by atoms with Crippen molar-refractivity contribution in [1.29, 1.82) is 0 Å². The summed E-state index contributed by atoms with van der Waals surface area (Å²) in [5, 5.41) is 8.66. The zero-order chi connectivity index (χ0) is 15.6. The molecule has 3 nitrogen and oxygen atoms in total. The van der Waals surface area contributed by atoms with Gasteiger partial charge in [0.15, 0.2) is 0 Å². The second-order valence-electron chi connectivity index (χ2n) is 5.60. The second kappa shape index (κ2) is 6.95. The van der Waals surface area contributed by atoms with E-state index in [1.807, 2.05) is 18.5 Å². The fraction of sp³-hybridized carbons (Fsp3) is 0.438. The van der Waals surface area contributed by atoms with E-state index in [2.05, 4.69) is 58.4 Å². The first-order valence-electron chi connectivity index (χ1n) is 7.08. The molecule has 0 aliphatic rings. The van der Waals surface area contributed by atoms with Crippen molar-refractivity contribution >= 4 is 27.5 Å². The quantitative estimate of drug-likeness (QED) is 0.842. The monoisotopic (exact) mass is 369 g/mol. The lowest BCUT2D eigenvalue weighted by molar-refractivity contribution is 0.588. The minimum atomic E-state index is 0.486. The van der Waals surface area contributed by atoms with E-state index >= 15 is 0 Å². The zero-order valence-corrected chi connectivity index (χ0v) is 15.2. The summed E-state index contributed by atoms with van der Waals surface area (Å²) in [6, 6.07) is 6.95. The summed E-state index contributed by atoms with van der Waals surface area (Å²) in [5.74, 6) is 0. The van der Waals surface area contributed by atoms with Gasteiger partial charge in [0.1, 0.15) is 0 Å². The highest BCUT2D eigenvalue weighted by molar-refractivity contribution is 9.10. The van der Waals surface area contributed by atoms with E-state index in [0.717, 1.165) is 34.0 Å². The number of nitrogens with one attached hydrogen (secondary N) is 1. The molecular formula is C16H21BrClN3. The SMILES string of the molecule is Cc1nn(Cc2ccc(CNC(C)C)cc2Br)c(C)c1Cl. The van der Waals surface area contributed by atoms with Crippen LogP contribution in [0.15, 0.2) is 22.7 Å². The summed E-state index contributed by atoms with van der Waals surface area (Å²) >= 11 is 9.86. The zero-order valence-electron chi connectivity index (χ0n) is 12.9. The fourth-order valence-electron chi connectivity index (χ4n) is 2.14. The van der Waals surface area contributed by atoms with Crippen molar-refractivity contribution in [3.8, 4) is 0 Å². The third-order valence-electron chi connectivity index (χ3n) is 3.45. The third-order valence-corrected chi connectivity index (χ3v) is 4.73. The maximum Gasteiger partial charge on any atom is 0.0844 e. The summed E-state index contributed by atoms with van der Waals surface area (Å²) in [6.45, 7) is 9.82. The van der Waals surface area contributed by atoms with Gasteiger partial charge in [-0.2, -0.15) is 5.10 Å². The van der Waals surface area contributed by atoms with Crippen LogP contribution in [0.2, 0.25) is 5.02 Å². The van der Waals surface area contributed by atoms with Crippen molar-refractivity contribution in [2.24, 2.45) is 0 Å². The largest absolute Gasteiger partial charge is 0.310 e. The summed E-state index contributed by atoms with van der Waals surface area (Å²) in [5.41, 5.74) is 4.35. The molecule has 0 spiro atoms. The third kappa shape index (κ3) is 4.09. The molecule has 2 aromatic rings. The van der Waals surface area contributed by atoms with E-state index in [0.29, 0.717) is 6.04 Å². The maximum atomic E-state index is 6.20. The van der Waals surface area contributed by atoms with Gasteiger partial charge in [-0.1, -0.05) is 53.5 Å². The van der Waals surface area contributed by atoms with E-state index in [-0.39, 0.29) is 0 Å². The van der Waals surface area contributed by atoms with E-state index < -0.39 is 0 Å². The van der Waals surface area contributed by atoms with Gasteiger partial charge >= 0.3 is 0 Å². The molecule has 1 aromatic carbocycles. The van der Waals surface area contributed by atoms with Crippen LogP contribution in [-0.4, -0.2) is 15.8 Å². The predicted octanol–water partition coefficient (Wildman–Crippen LogP) is 4.46. The average Bonchev–Trinajstić information content (AvgIpc) is 2.66. The van der Waals surface area contributed by atoms with E-state index in [4.69, 9.17) is 11.6 Å². The van der Waals surface area contributed by atoms with Gasteiger partial charge in [0.25, 0.3) is 0 Å². The highest BCUT2D eigenvalue weighted by atomic mass is 79.9. The van der Waals surface area contributed by atoms with E-state index in [9.17, 15) is 0 Å². The molecule has 0 fully saturated rings. The summed E-state index contributed by atoms with van der Waals surface area (Å²) in [7, 11) is 0. The molecule has 0 radical (unpaired) electrons. The molecule has 0 bridgehead atoms. The second-order valence-corrected chi connectivity index (χ2v) is 6.84. The molecule has 0 aliphatic heterocycles. The van der Waals surface area contributed by atoms with Crippen molar-refractivity contribution in [2.75, 3.05) is 0 Å². The van der Waals surface area contributed by atoms with Gasteiger partial charge in [0.2, 0.25) is 0 Å². The summed E-state index contributed by atoms with van der Waals surface area (Å²) < 4.78 is 3.05. The topological polar surface area (TPSA) is 29.9 Å². The molecule has 0 saturated carbocycles. The predicted molar refractivity (Wildman–Crippen MR) is 91.9 cm³/mol. The van der Waals surface area contributed by atoms with Crippen LogP contribution in [0.1, 0.15) is 36.4 Å². The molecular weight excluding hydrogens is 350 g/mol. The molecule has 1 aromatic heterocycles. The first-order valence-corrected chi connectivity index (χ1v) is 8.25. The number of aromatic nitrogens is 2. The normalized spacial score (nSPS) is 11.4. The van der Waals surface area contributed by atoms with Gasteiger partial charge in [0.05, 0.1) is 23.0 Å². The number of rotatable bonds is 5. The lowest BCUT2D eigenvalue weighted by Gasteiger charge is -2.11. The standard InChI is InChI=1S/C16H21BrClN3/c1-10(2)19-8-13-5-6-14(15(17)7-13)9-21-12(4)16(18)11(3)20-21/h5-7,10,19H,8-9H2,1-4H3. The van der Waals surface area contributed by atoms with E-state index in [1.54, 1.807) is 0 Å². The van der Waals surface area contributed by atoms with Crippen LogP contribution in [-0.2, 0) is 13.1 Å². The number of hydrogen-bond acceptors (Lipinski definition) is 2. The Bertz CT molecular complexity index is 635. The van der Waals surface area contributed by atoms with Crippen LogP contribution in [0.4, 0.5) is 0 Å². The highest BCUT2D eigenvalue weighted by Crippen LogP contribution is 2.23. The van der Waals surface area contributed by atoms with Gasteiger partial charge in [0, 0.05) is 17.1 Å². The average molecular weight is 371 g/mol. The minimum Gasteiger partial charge on any atom is -0.310 e. The van der Waals surface area contributed by atoms with Crippen LogP contribution in [0, 0.1) is 13.8 Å². The molecule has 0 saturated heterocycles. The molecule has 0 amide bonds. The smallest absolute Gasteiger partial charge is 0.0844 e. The molecule has 0 aliphatic carbocycles. The minimum absolute atomic E-state index is 0.486. The Morgan fingerprint density at radius 3 is 2.57 bits per heavy atom. The van der Waals surface area contributed by atoms with Crippen molar-refractivity contribution in [2.45, 2.75) is 46.8 Å². The molecule has 0 unspecified atom stereocenters. The Morgan fingerprint density at radius 1 is 1.33 bits per heavy atom. The highest BCUT2D eigenvalue weighted by Gasteiger charge is 2.11. The molecule has 5 heteroatoms. The van der Waals surface area contributed by atoms with Crippen molar-refractivity contribution < 1.29 is 0 Å². The van der Waals surface area contributed by atoms with Gasteiger partial charge < -0.3 is 5.32 Å². The Balaban J connectivity index is 2.15. The Labute approximate surface area is 139 Å². The van der Waals surface area contributed by atoms with Crippen molar-refractivity contribution in [3.05, 3.63) is 50.2 Å². The Kier molecular flexibility index (Phi) is 5.47. The number of hydrogen-bond donors (Lipinski definition) is 1. The Morgan fingerprint density at radius 2 is 2.05 bits per heavy atom. The summed E-state index contributed by atoms with van der Waals surface area (Å²) in [6.07, 6.45) is 0. The fourth-order valence-corrected chi connectivity index (χ4v) is 2.83. The maximum absolute atomic E-state index is 6.20. The number of aryl methyl sites for hydroxylation is 1. The molecule has 114 valence electrons. The lowest BCUT2D eigenvalue weighted by atomic mass is 10.1. The van der Waals surface area contributed by atoms with E-state index in [1.165, 1.54) is 11.1 Å². The molecule has 1 N–H and O–H groups in total. The van der Waals surface area contributed by atoms with Crippen molar-refractivity contribution in [1.82, 2.24) is 15.1 Å². The van der Waals surface area contributed by atoms with Crippen LogP contribution >= 0.6 is 27.5 Å². The van der Waals surface area contributed by atoms with Gasteiger partial charge in [-0.05, 0) is 31.0 Å². The first kappa shape index (κ1) is 16.5.